The van der Waals surface area contributed by atoms with Crippen molar-refractivity contribution in [2.45, 2.75) is 13.3 Å². The number of nitro groups is 1. The zero-order chi connectivity index (χ0) is 22.8. The summed E-state index contributed by atoms with van der Waals surface area (Å²) >= 11 is 0. The van der Waals surface area contributed by atoms with Crippen LogP contribution in [0.5, 0.6) is 0 Å². The van der Waals surface area contributed by atoms with Crippen LogP contribution in [-0.4, -0.2) is 16.7 Å². The molecule has 1 heterocycles. The monoisotopic (exact) mass is 431 g/mol. The van der Waals surface area contributed by atoms with Crippen molar-refractivity contribution in [2.75, 3.05) is 10.2 Å². The molecule has 0 saturated heterocycles. The molecule has 3 aromatic rings. The number of anilines is 2. The second-order valence-corrected chi connectivity index (χ2v) is 7.13. The minimum atomic E-state index is -0.721. The molecule has 0 bridgehead atoms. The zero-order valence-corrected chi connectivity index (χ0v) is 17.0. The van der Waals surface area contributed by atoms with Crippen LogP contribution in [0.25, 0.3) is 5.57 Å². The Balaban J connectivity index is 1.81. The number of amides is 2. The smallest absolute Gasteiger partial charge is 0.282 e. The minimum Gasteiger partial charge on any atom is -0.350 e. The summed E-state index contributed by atoms with van der Waals surface area (Å²) in [6, 6.07) is 18.1. The molecule has 0 atom stereocenters. The average Bonchev–Trinajstić information content (AvgIpc) is 3.04. The van der Waals surface area contributed by atoms with E-state index in [0.29, 0.717) is 11.3 Å². The molecule has 0 aromatic heterocycles. The van der Waals surface area contributed by atoms with E-state index in [1.54, 1.807) is 12.1 Å². The number of imide groups is 1. The van der Waals surface area contributed by atoms with Gasteiger partial charge in [0.25, 0.3) is 17.5 Å². The quantitative estimate of drug-likeness (QED) is 0.347. The molecule has 0 unspecified atom stereocenters. The van der Waals surface area contributed by atoms with Crippen molar-refractivity contribution in [3.63, 3.8) is 0 Å². The van der Waals surface area contributed by atoms with Gasteiger partial charge < -0.3 is 5.32 Å². The fourth-order valence-corrected chi connectivity index (χ4v) is 3.48. The number of para-hydroxylation sites is 1. The Hall–Kier alpha value is -4.33. The summed E-state index contributed by atoms with van der Waals surface area (Å²) in [4.78, 5) is 37.8. The van der Waals surface area contributed by atoms with Crippen LogP contribution in [-0.2, 0) is 16.0 Å². The summed E-state index contributed by atoms with van der Waals surface area (Å²) in [7, 11) is 0. The summed E-state index contributed by atoms with van der Waals surface area (Å²) in [5.41, 5.74) is 1.64. The molecule has 0 radical (unpaired) electrons. The summed E-state index contributed by atoms with van der Waals surface area (Å²) in [5.74, 6) is -2.15. The second kappa shape index (κ2) is 8.43. The highest BCUT2D eigenvalue weighted by Crippen LogP contribution is 2.35. The highest BCUT2D eigenvalue weighted by molar-refractivity contribution is 6.46. The van der Waals surface area contributed by atoms with Crippen LogP contribution >= 0.6 is 0 Å². The SMILES string of the molecule is CCc1ccc(NC2=C(c3ccc([N+](=O)[O-])cc3)C(=O)N(c3ccccc3F)C2=O)cc1. The lowest BCUT2D eigenvalue weighted by Crippen LogP contribution is -2.33. The van der Waals surface area contributed by atoms with E-state index >= 15 is 0 Å². The van der Waals surface area contributed by atoms with Gasteiger partial charge in [-0.2, -0.15) is 0 Å². The minimum absolute atomic E-state index is 0.00715. The molecule has 1 aliphatic heterocycles. The summed E-state index contributed by atoms with van der Waals surface area (Å²) in [5, 5.41) is 14.0. The molecule has 2 amide bonds. The first-order valence-electron chi connectivity index (χ1n) is 9.89. The third-order valence-corrected chi connectivity index (χ3v) is 5.18. The first kappa shape index (κ1) is 20.9. The van der Waals surface area contributed by atoms with Crippen LogP contribution in [0.1, 0.15) is 18.1 Å². The van der Waals surface area contributed by atoms with Gasteiger partial charge >= 0.3 is 0 Å². The van der Waals surface area contributed by atoms with Gasteiger partial charge in [0.05, 0.1) is 16.2 Å². The van der Waals surface area contributed by atoms with Gasteiger partial charge in [0.2, 0.25) is 0 Å². The fraction of sp³-hybridized carbons (Fsp3) is 0.0833. The second-order valence-electron chi connectivity index (χ2n) is 7.13. The van der Waals surface area contributed by atoms with Gasteiger partial charge in [-0.05, 0) is 53.9 Å². The van der Waals surface area contributed by atoms with Gasteiger partial charge in [-0.15, -0.1) is 0 Å². The van der Waals surface area contributed by atoms with Crippen molar-refractivity contribution >= 4 is 34.4 Å². The highest BCUT2D eigenvalue weighted by Gasteiger charge is 2.41. The third-order valence-electron chi connectivity index (χ3n) is 5.18. The number of hydrogen-bond acceptors (Lipinski definition) is 5. The van der Waals surface area contributed by atoms with Crippen molar-refractivity contribution in [2.24, 2.45) is 0 Å². The maximum absolute atomic E-state index is 14.4. The van der Waals surface area contributed by atoms with Gasteiger partial charge in [-0.25, -0.2) is 9.29 Å². The van der Waals surface area contributed by atoms with E-state index in [0.717, 1.165) is 23.0 Å². The van der Waals surface area contributed by atoms with E-state index in [9.17, 15) is 24.1 Å². The Morgan fingerprint density at radius 1 is 0.938 bits per heavy atom. The number of carbonyl (C=O) groups is 2. The van der Waals surface area contributed by atoms with Crippen LogP contribution < -0.4 is 10.2 Å². The van der Waals surface area contributed by atoms with E-state index in [2.05, 4.69) is 5.32 Å². The van der Waals surface area contributed by atoms with E-state index in [1.165, 1.54) is 42.5 Å². The molecule has 4 rings (SSSR count). The first-order chi connectivity index (χ1) is 15.4. The predicted molar refractivity (Wildman–Crippen MR) is 118 cm³/mol. The Morgan fingerprint density at radius 2 is 1.59 bits per heavy atom. The number of nitro benzene ring substituents is 1. The number of non-ortho nitro benzene ring substituents is 1. The summed E-state index contributed by atoms with van der Waals surface area (Å²) < 4.78 is 14.4. The van der Waals surface area contributed by atoms with E-state index in [4.69, 9.17) is 0 Å². The number of carbonyl (C=O) groups excluding carboxylic acids is 2. The highest BCUT2D eigenvalue weighted by atomic mass is 19.1. The summed E-state index contributed by atoms with van der Waals surface area (Å²) in [6.07, 6.45) is 0.843. The average molecular weight is 431 g/mol. The van der Waals surface area contributed by atoms with E-state index in [1.807, 2.05) is 19.1 Å². The van der Waals surface area contributed by atoms with Crippen LogP contribution in [0, 0.1) is 15.9 Å². The number of hydrogen-bond donors (Lipinski definition) is 1. The largest absolute Gasteiger partial charge is 0.350 e. The van der Waals surface area contributed by atoms with Gasteiger partial charge in [0, 0.05) is 17.8 Å². The standard InChI is InChI=1S/C24H18FN3O4/c1-2-15-7-11-17(12-8-15)26-22-21(16-9-13-18(14-10-16)28(31)32)23(29)27(24(22)30)20-6-4-3-5-19(20)25/h3-14,26H,2H2,1H3. The van der Waals surface area contributed by atoms with E-state index in [-0.39, 0.29) is 22.6 Å². The fourth-order valence-electron chi connectivity index (χ4n) is 3.48. The molecular formula is C24H18FN3O4. The topological polar surface area (TPSA) is 92.6 Å². The van der Waals surface area contributed by atoms with Gasteiger partial charge in [0.15, 0.2) is 0 Å². The van der Waals surface area contributed by atoms with Gasteiger partial charge in [0.1, 0.15) is 11.5 Å². The molecule has 1 N–H and O–H groups in total. The molecular weight excluding hydrogens is 413 g/mol. The summed E-state index contributed by atoms with van der Waals surface area (Å²) in [6.45, 7) is 2.02. The van der Waals surface area contributed by atoms with Crippen molar-refractivity contribution in [3.05, 3.63) is 106 Å². The predicted octanol–water partition coefficient (Wildman–Crippen LogP) is 4.69. The molecule has 0 spiro atoms. The van der Waals surface area contributed by atoms with Gasteiger partial charge in [-0.3, -0.25) is 19.7 Å². The lowest BCUT2D eigenvalue weighted by Gasteiger charge is -2.16. The number of aryl methyl sites for hydroxylation is 1. The molecule has 0 saturated carbocycles. The Morgan fingerprint density at radius 3 is 2.19 bits per heavy atom. The lowest BCUT2D eigenvalue weighted by molar-refractivity contribution is -0.384. The molecule has 7 nitrogen and oxygen atoms in total. The third kappa shape index (κ3) is 3.74. The van der Waals surface area contributed by atoms with Crippen molar-refractivity contribution in [3.8, 4) is 0 Å². The van der Waals surface area contributed by atoms with Crippen molar-refractivity contribution < 1.29 is 18.9 Å². The molecule has 3 aromatic carbocycles. The number of nitrogens with zero attached hydrogens (tertiary/aromatic N) is 2. The van der Waals surface area contributed by atoms with E-state index < -0.39 is 22.6 Å². The Kier molecular flexibility index (Phi) is 5.51. The number of nitrogens with one attached hydrogen (secondary N) is 1. The normalized spacial score (nSPS) is 13.6. The van der Waals surface area contributed by atoms with Crippen LogP contribution in [0.2, 0.25) is 0 Å². The number of benzene rings is 3. The number of rotatable bonds is 6. The number of halogens is 1. The van der Waals surface area contributed by atoms with Crippen molar-refractivity contribution in [1.29, 1.82) is 0 Å². The first-order valence-corrected chi connectivity index (χ1v) is 9.89. The molecule has 8 heteroatoms. The molecule has 0 aliphatic carbocycles. The lowest BCUT2D eigenvalue weighted by atomic mass is 10.0. The van der Waals surface area contributed by atoms with Gasteiger partial charge in [-0.1, -0.05) is 31.2 Å². The molecule has 0 fully saturated rings. The maximum atomic E-state index is 14.4. The molecule has 1 aliphatic rings. The molecule has 32 heavy (non-hydrogen) atoms. The van der Waals surface area contributed by atoms with Crippen LogP contribution in [0.3, 0.4) is 0 Å². The Labute approximate surface area is 182 Å². The van der Waals surface area contributed by atoms with Crippen LogP contribution in [0.4, 0.5) is 21.5 Å². The molecule has 160 valence electrons. The van der Waals surface area contributed by atoms with Crippen molar-refractivity contribution in [1.82, 2.24) is 0 Å². The maximum Gasteiger partial charge on any atom is 0.282 e. The van der Waals surface area contributed by atoms with Crippen LogP contribution in [0.15, 0.2) is 78.5 Å². The zero-order valence-electron chi connectivity index (χ0n) is 17.0. The Bertz CT molecular complexity index is 1250.